The molecule has 0 amide bonds. The van der Waals surface area contributed by atoms with Gasteiger partial charge in [-0.1, -0.05) is 30.0 Å². The van der Waals surface area contributed by atoms with Crippen molar-refractivity contribution in [3.8, 4) is 0 Å². The largest absolute Gasteiger partial charge is 0.378 e. The van der Waals surface area contributed by atoms with E-state index in [1.54, 1.807) is 11.8 Å². The quantitative estimate of drug-likeness (QED) is 0.899. The van der Waals surface area contributed by atoms with Crippen LogP contribution in [0.2, 0.25) is 0 Å². The third kappa shape index (κ3) is 2.80. The molecule has 4 heteroatoms. The Morgan fingerprint density at radius 3 is 2.55 bits per heavy atom. The van der Waals surface area contributed by atoms with Crippen LogP contribution in [-0.2, 0) is 5.75 Å². The molecule has 0 radical (unpaired) electrons. The molecule has 1 N–H and O–H groups in total. The van der Waals surface area contributed by atoms with E-state index >= 15 is 0 Å². The number of para-hydroxylation sites is 1. The lowest BCUT2D eigenvalue weighted by Gasteiger charge is -2.17. The van der Waals surface area contributed by atoms with Crippen LogP contribution in [0.3, 0.4) is 0 Å². The van der Waals surface area contributed by atoms with Crippen LogP contribution in [0.25, 0.3) is 0 Å². The van der Waals surface area contributed by atoms with Gasteiger partial charge in [-0.15, -0.1) is 0 Å². The molecule has 1 heterocycles. The van der Waals surface area contributed by atoms with E-state index in [1.807, 2.05) is 20.2 Å². The van der Waals surface area contributed by atoms with Gasteiger partial charge in [0.1, 0.15) is 0 Å². The van der Waals surface area contributed by atoms with E-state index in [1.165, 1.54) is 11.3 Å². The number of aliphatic imine (C=N–C) groups is 1. The first kappa shape index (κ1) is 13.1. The molecule has 20 heavy (non-hydrogen) atoms. The number of anilines is 2. The zero-order valence-electron chi connectivity index (χ0n) is 11.6. The molecular weight excluding hydrogens is 266 g/mol. The summed E-state index contributed by atoms with van der Waals surface area (Å²) in [7, 11) is 4.08. The molecule has 0 aliphatic carbocycles. The second kappa shape index (κ2) is 5.59. The molecule has 0 atom stereocenters. The molecule has 1 aliphatic rings. The van der Waals surface area contributed by atoms with E-state index in [2.05, 4.69) is 57.7 Å². The molecule has 2 aromatic carbocycles. The molecule has 0 aromatic heterocycles. The van der Waals surface area contributed by atoms with E-state index < -0.39 is 0 Å². The second-order valence-electron chi connectivity index (χ2n) is 4.90. The van der Waals surface area contributed by atoms with E-state index in [0.29, 0.717) is 0 Å². The van der Waals surface area contributed by atoms with Gasteiger partial charge in [-0.25, -0.2) is 4.99 Å². The van der Waals surface area contributed by atoms with Crippen LogP contribution in [0.15, 0.2) is 53.5 Å². The van der Waals surface area contributed by atoms with E-state index in [-0.39, 0.29) is 0 Å². The van der Waals surface area contributed by atoms with Gasteiger partial charge in [0.25, 0.3) is 0 Å². The zero-order chi connectivity index (χ0) is 13.9. The lowest BCUT2D eigenvalue weighted by Crippen LogP contribution is -2.11. The number of nitrogens with one attached hydrogen (secondary N) is 1. The van der Waals surface area contributed by atoms with E-state index in [9.17, 15) is 0 Å². The molecule has 0 saturated heterocycles. The third-order valence-electron chi connectivity index (χ3n) is 3.21. The fourth-order valence-corrected chi connectivity index (χ4v) is 2.95. The minimum Gasteiger partial charge on any atom is -0.378 e. The monoisotopic (exact) mass is 283 g/mol. The zero-order valence-corrected chi connectivity index (χ0v) is 12.4. The highest BCUT2D eigenvalue weighted by Crippen LogP contribution is 2.31. The first-order chi connectivity index (χ1) is 9.72. The molecule has 1 aliphatic heterocycles. The first-order valence-electron chi connectivity index (χ1n) is 6.56. The fourth-order valence-electron chi connectivity index (χ4n) is 2.06. The summed E-state index contributed by atoms with van der Waals surface area (Å²) in [5, 5.41) is 4.34. The predicted octanol–water partition coefficient (Wildman–Crippen LogP) is 4.10. The van der Waals surface area contributed by atoms with Gasteiger partial charge in [0.15, 0.2) is 5.17 Å². The summed E-state index contributed by atoms with van der Waals surface area (Å²) < 4.78 is 0. The van der Waals surface area contributed by atoms with Crippen molar-refractivity contribution < 1.29 is 0 Å². The Morgan fingerprint density at radius 2 is 1.80 bits per heavy atom. The number of rotatable bonds is 2. The third-order valence-corrected chi connectivity index (χ3v) is 4.14. The molecular formula is C16H17N3S. The fraction of sp³-hybridized carbons (Fsp3) is 0.188. The predicted molar refractivity (Wildman–Crippen MR) is 89.2 cm³/mol. The lowest BCUT2D eigenvalue weighted by atomic mass is 10.2. The molecule has 102 valence electrons. The van der Waals surface area contributed by atoms with Crippen LogP contribution >= 0.6 is 11.8 Å². The molecule has 0 fully saturated rings. The number of amidine groups is 1. The number of hydrogen-bond acceptors (Lipinski definition) is 4. The van der Waals surface area contributed by atoms with Gasteiger partial charge in [-0.2, -0.15) is 0 Å². The van der Waals surface area contributed by atoms with Gasteiger partial charge in [0.05, 0.1) is 5.69 Å². The van der Waals surface area contributed by atoms with Crippen LogP contribution in [0, 0.1) is 0 Å². The maximum Gasteiger partial charge on any atom is 0.166 e. The maximum absolute atomic E-state index is 4.66. The van der Waals surface area contributed by atoms with Crippen molar-refractivity contribution in [3.05, 3.63) is 54.1 Å². The van der Waals surface area contributed by atoms with Gasteiger partial charge in [-0.3, -0.25) is 0 Å². The highest BCUT2D eigenvalue weighted by molar-refractivity contribution is 8.13. The Kier molecular flexibility index (Phi) is 3.65. The highest BCUT2D eigenvalue weighted by atomic mass is 32.2. The number of thioether (sulfide) groups is 1. The van der Waals surface area contributed by atoms with Crippen molar-refractivity contribution in [2.75, 3.05) is 24.3 Å². The number of hydrogen-bond donors (Lipinski definition) is 1. The van der Waals surface area contributed by atoms with Crippen molar-refractivity contribution in [3.63, 3.8) is 0 Å². The standard InChI is InChI=1S/C16H17N3S/c1-19(2)14-9-7-13(8-10-14)17-16-18-15-6-4-3-5-12(15)11-20-16/h3-10H,11H2,1-2H3,(H,17,18). The average Bonchev–Trinajstić information content (AvgIpc) is 2.48. The summed E-state index contributed by atoms with van der Waals surface area (Å²) in [5.41, 5.74) is 4.63. The van der Waals surface area contributed by atoms with Crippen LogP contribution in [0.4, 0.5) is 17.1 Å². The average molecular weight is 283 g/mol. The van der Waals surface area contributed by atoms with E-state index in [4.69, 9.17) is 0 Å². The summed E-state index contributed by atoms with van der Waals surface area (Å²) in [4.78, 5) is 6.75. The minimum atomic E-state index is 0.960. The Balaban J connectivity index is 1.77. The molecule has 3 nitrogen and oxygen atoms in total. The SMILES string of the molecule is CN(C)c1ccc(NC2=Nc3ccccc3CS2)cc1. The normalized spacial score (nSPS) is 13.4. The summed E-state index contributed by atoms with van der Waals surface area (Å²) in [5.74, 6) is 0.970. The number of fused-ring (bicyclic) bond motifs is 1. The number of benzene rings is 2. The Morgan fingerprint density at radius 1 is 1.05 bits per heavy atom. The van der Waals surface area contributed by atoms with Crippen molar-refractivity contribution in [1.29, 1.82) is 0 Å². The van der Waals surface area contributed by atoms with Crippen molar-refractivity contribution in [2.45, 2.75) is 5.75 Å². The van der Waals surface area contributed by atoms with Crippen LogP contribution in [-0.4, -0.2) is 19.3 Å². The summed E-state index contributed by atoms with van der Waals surface area (Å²) in [6.07, 6.45) is 0. The Bertz CT molecular complexity index is 632. The molecule has 2 aromatic rings. The van der Waals surface area contributed by atoms with Crippen LogP contribution in [0.5, 0.6) is 0 Å². The van der Waals surface area contributed by atoms with Gasteiger partial charge in [0.2, 0.25) is 0 Å². The molecule has 0 unspecified atom stereocenters. The van der Waals surface area contributed by atoms with Crippen LogP contribution < -0.4 is 10.2 Å². The maximum atomic E-state index is 4.66. The number of nitrogens with zero attached hydrogens (tertiary/aromatic N) is 2. The topological polar surface area (TPSA) is 27.6 Å². The molecule has 0 bridgehead atoms. The minimum absolute atomic E-state index is 0.960. The molecule has 3 rings (SSSR count). The first-order valence-corrected chi connectivity index (χ1v) is 7.55. The molecule has 0 spiro atoms. The smallest absolute Gasteiger partial charge is 0.166 e. The summed E-state index contributed by atoms with van der Waals surface area (Å²) in [6, 6.07) is 16.7. The van der Waals surface area contributed by atoms with Crippen molar-refractivity contribution in [1.82, 2.24) is 0 Å². The Hall–Kier alpha value is -1.94. The van der Waals surface area contributed by atoms with Gasteiger partial charge >= 0.3 is 0 Å². The van der Waals surface area contributed by atoms with Gasteiger partial charge in [0, 0.05) is 31.2 Å². The highest BCUT2D eigenvalue weighted by Gasteiger charge is 2.11. The van der Waals surface area contributed by atoms with Crippen molar-refractivity contribution >= 4 is 34.0 Å². The lowest BCUT2D eigenvalue weighted by molar-refractivity contribution is 1.13. The molecule has 0 saturated carbocycles. The van der Waals surface area contributed by atoms with Gasteiger partial charge in [-0.05, 0) is 35.9 Å². The van der Waals surface area contributed by atoms with Crippen molar-refractivity contribution in [2.24, 2.45) is 4.99 Å². The Labute approximate surface area is 123 Å². The summed E-state index contributed by atoms with van der Waals surface area (Å²) in [6.45, 7) is 0. The van der Waals surface area contributed by atoms with Crippen LogP contribution in [0.1, 0.15) is 5.56 Å². The summed E-state index contributed by atoms with van der Waals surface area (Å²) >= 11 is 1.74. The second-order valence-corrected chi connectivity index (χ2v) is 5.86. The van der Waals surface area contributed by atoms with E-state index in [0.717, 1.165) is 22.3 Å². The van der Waals surface area contributed by atoms with Gasteiger partial charge < -0.3 is 10.2 Å².